The van der Waals surface area contributed by atoms with E-state index in [1.807, 2.05) is 86.8 Å². The monoisotopic (exact) mass is 670 g/mol. The molecule has 0 bridgehead atoms. The third-order valence-corrected chi connectivity index (χ3v) is 6.22. The molecule has 0 aliphatic rings. The molecule has 3 aromatic carbocycles. The van der Waals surface area contributed by atoms with E-state index in [2.05, 4.69) is 51.4 Å². The van der Waals surface area contributed by atoms with Crippen LogP contribution >= 0.6 is 0 Å². The van der Waals surface area contributed by atoms with Gasteiger partial charge in [0.25, 0.3) is 0 Å². The molecule has 0 spiro atoms. The maximum Gasteiger partial charge on any atom is 0.147 e. The van der Waals surface area contributed by atoms with Crippen molar-refractivity contribution in [1.29, 1.82) is 0 Å². The van der Waals surface area contributed by atoms with Crippen LogP contribution in [0.2, 0.25) is 0 Å². The van der Waals surface area contributed by atoms with Crippen molar-refractivity contribution >= 4 is 32.8 Å². The average Bonchev–Trinajstić information content (AvgIpc) is 3.34. The molecule has 0 amide bonds. The van der Waals surface area contributed by atoms with Gasteiger partial charge >= 0.3 is 0 Å². The van der Waals surface area contributed by atoms with Gasteiger partial charge in [-0.1, -0.05) is 53.4 Å². The van der Waals surface area contributed by atoms with E-state index in [0.717, 1.165) is 61.1 Å². The summed E-state index contributed by atoms with van der Waals surface area (Å²) in [6.45, 7) is 4.03. The van der Waals surface area contributed by atoms with E-state index in [0.29, 0.717) is 0 Å². The van der Waals surface area contributed by atoms with Gasteiger partial charge in [0.15, 0.2) is 0 Å². The molecule has 4 heterocycles. The SMILES string of the molecule is Cc1ccc(-c2[c-]cccc2)nc1.Cc1ccc2ccc3c4cc[c-]c(-c5ccccn5)c4oc3c2n1.[Ir]. The minimum Gasteiger partial charge on any atom is -0.498 e. The number of aryl methyl sites for hydroxylation is 2. The first kappa shape index (κ1) is 25.5. The molecule has 4 nitrogen and oxygen atoms in total. The second-order valence-corrected chi connectivity index (χ2v) is 8.88. The van der Waals surface area contributed by atoms with Crippen molar-refractivity contribution < 1.29 is 24.5 Å². The smallest absolute Gasteiger partial charge is 0.147 e. The van der Waals surface area contributed by atoms with Crippen LogP contribution in [0.4, 0.5) is 0 Å². The van der Waals surface area contributed by atoms with Crippen molar-refractivity contribution in [1.82, 2.24) is 15.0 Å². The van der Waals surface area contributed by atoms with Crippen LogP contribution in [-0.2, 0) is 20.1 Å². The third-order valence-electron chi connectivity index (χ3n) is 6.22. The Kier molecular flexibility index (Phi) is 7.41. The van der Waals surface area contributed by atoms with Crippen LogP contribution in [0.3, 0.4) is 0 Å². The van der Waals surface area contributed by atoms with Gasteiger partial charge in [-0.2, -0.15) is 0 Å². The predicted octanol–water partition coefficient (Wildman–Crippen LogP) is 8.16. The Labute approximate surface area is 234 Å². The first-order chi connectivity index (χ1) is 18.2. The van der Waals surface area contributed by atoms with Gasteiger partial charge in [0.2, 0.25) is 0 Å². The second-order valence-electron chi connectivity index (χ2n) is 8.88. The van der Waals surface area contributed by atoms with Gasteiger partial charge in [0, 0.05) is 49.0 Å². The number of benzene rings is 3. The van der Waals surface area contributed by atoms with Gasteiger partial charge in [0.1, 0.15) is 11.1 Å². The largest absolute Gasteiger partial charge is 0.498 e. The van der Waals surface area contributed by atoms with E-state index in [1.165, 1.54) is 5.56 Å². The van der Waals surface area contributed by atoms with Crippen LogP contribution in [0.1, 0.15) is 11.3 Å². The summed E-state index contributed by atoms with van der Waals surface area (Å²) in [6.07, 6.45) is 3.65. The van der Waals surface area contributed by atoms with Crippen LogP contribution in [0.25, 0.3) is 55.4 Å². The number of furan rings is 1. The fourth-order valence-electron chi connectivity index (χ4n) is 4.36. The molecule has 0 saturated carbocycles. The first-order valence-corrected chi connectivity index (χ1v) is 12.1. The summed E-state index contributed by atoms with van der Waals surface area (Å²) >= 11 is 0. The summed E-state index contributed by atoms with van der Waals surface area (Å²) in [5.74, 6) is 0. The van der Waals surface area contributed by atoms with Crippen LogP contribution < -0.4 is 0 Å². The van der Waals surface area contributed by atoms with E-state index < -0.39 is 0 Å². The molecule has 0 N–H and O–H groups in total. The Hall–Kier alpha value is -4.18. The van der Waals surface area contributed by atoms with Gasteiger partial charge in [0.05, 0.1) is 5.58 Å². The molecule has 4 aromatic heterocycles. The molecule has 187 valence electrons. The number of hydrogen-bond acceptors (Lipinski definition) is 4. The fraction of sp³-hybridized carbons (Fsp3) is 0.0606. The van der Waals surface area contributed by atoms with Crippen molar-refractivity contribution in [3.8, 4) is 22.5 Å². The quantitative estimate of drug-likeness (QED) is 0.174. The number of nitrogens with zero attached hydrogens (tertiary/aromatic N) is 3. The van der Waals surface area contributed by atoms with Crippen molar-refractivity contribution in [2.75, 3.05) is 0 Å². The number of fused-ring (bicyclic) bond motifs is 5. The standard InChI is InChI=1S/C21H13N2O.C12H10N.Ir/c1-13-8-9-14-10-11-16-15-5-4-6-17(18-7-2-3-12-22-18)20(15)24-21(16)19(14)23-13;1-10-7-8-12(13-9-10)11-5-3-2-4-6-11;/h2-5,7-12H,1H3;2-5,7-9H,1H3;/q2*-1;. The molecule has 0 aliphatic heterocycles. The van der Waals surface area contributed by atoms with Gasteiger partial charge < -0.3 is 14.4 Å². The zero-order valence-electron chi connectivity index (χ0n) is 20.9. The Morgan fingerprint density at radius 3 is 2.29 bits per heavy atom. The molecule has 0 fully saturated rings. The van der Waals surface area contributed by atoms with Crippen molar-refractivity contribution in [2.45, 2.75) is 13.8 Å². The Balaban J connectivity index is 0.000000179. The summed E-state index contributed by atoms with van der Waals surface area (Å²) in [6, 6.07) is 36.4. The van der Waals surface area contributed by atoms with Gasteiger partial charge in [-0.05, 0) is 42.9 Å². The van der Waals surface area contributed by atoms with Crippen molar-refractivity contribution in [2.24, 2.45) is 0 Å². The minimum atomic E-state index is 0. The van der Waals surface area contributed by atoms with Gasteiger partial charge in [-0.3, -0.25) is 0 Å². The summed E-state index contributed by atoms with van der Waals surface area (Å²) in [4.78, 5) is 13.4. The Morgan fingerprint density at radius 2 is 1.53 bits per heavy atom. The maximum atomic E-state index is 6.27. The summed E-state index contributed by atoms with van der Waals surface area (Å²) < 4.78 is 6.27. The maximum absolute atomic E-state index is 6.27. The number of pyridine rings is 3. The van der Waals surface area contributed by atoms with E-state index in [9.17, 15) is 0 Å². The van der Waals surface area contributed by atoms with Crippen molar-refractivity contribution in [3.63, 3.8) is 0 Å². The van der Waals surface area contributed by atoms with E-state index >= 15 is 0 Å². The minimum absolute atomic E-state index is 0. The van der Waals surface area contributed by atoms with Gasteiger partial charge in [-0.15, -0.1) is 54.1 Å². The summed E-state index contributed by atoms with van der Waals surface area (Å²) in [5, 5.41) is 3.21. The van der Waals surface area contributed by atoms with E-state index in [4.69, 9.17) is 4.42 Å². The molecule has 38 heavy (non-hydrogen) atoms. The van der Waals surface area contributed by atoms with Crippen molar-refractivity contribution in [3.05, 3.63) is 127 Å². The number of aromatic nitrogens is 3. The molecule has 5 heteroatoms. The Bertz CT molecular complexity index is 1830. The molecule has 0 atom stereocenters. The van der Waals surface area contributed by atoms with Crippen LogP contribution in [0.5, 0.6) is 0 Å². The van der Waals surface area contributed by atoms with E-state index in [-0.39, 0.29) is 20.1 Å². The molecular weight excluding hydrogens is 647 g/mol. The van der Waals surface area contributed by atoms with Crippen LogP contribution in [-0.4, -0.2) is 15.0 Å². The molecule has 0 saturated heterocycles. The first-order valence-electron chi connectivity index (χ1n) is 12.1. The number of hydrogen-bond donors (Lipinski definition) is 0. The summed E-state index contributed by atoms with van der Waals surface area (Å²) in [7, 11) is 0. The second kappa shape index (κ2) is 11.1. The van der Waals surface area contributed by atoms with Crippen LogP contribution in [0, 0.1) is 26.0 Å². The molecule has 7 rings (SSSR count). The predicted molar refractivity (Wildman–Crippen MR) is 149 cm³/mol. The fourth-order valence-corrected chi connectivity index (χ4v) is 4.36. The van der Waals surface area contributed by atoms with Crippen LogP contribution in [0.15, 0.2) is 108 Å². The third kappa shape index (κ3) is 4.99. The zero-order valence-corrected chi connectivity index (χ0v) is 23.3. The molecule has 1 radical (unpaired) electrons. The van der Waals surface area contributed by atoms with Gasteiger partial charge in [-0.25, -0.2) is 4.98 Å². The number of rotatable bonds is 2. The summed E-state index contributed by atoms with van der Waals surface area (Å²) in [5.41, 5.74) is 8.45. The Morgan fingerprint density at radius 1 is 0.684 bits per heavy atom. The van der Waals surface area contributed by atoms with E-state index in [1.54, 1.807) is 6.20 Å². The molecular formula is C33H23IrN3O-2. The molecule has 7 aromatic rings. The molecule has 0 unspecified atom stereocenters. The normalized spacial score (nSPS) is 10.7. The topological polar surface area (TPSA) is 51.8 Å². The zero-order chi connectivity index (χ0) is 25.2. The molecule has 0 aliphatic carbocycles. The average molecular weight is 670 g/mol.